The molecule has 0 fully saturated rings. The van der Waals surface area contributed by atoms with Crippen LogP contribution in [-0.2, 0) is 5.41 Å². The molecular formula is C53H35NO. The van der Waals surface area contributed by atoms with Crippen LogP contribution in [-0.4, -0.2) is 0 Å². The molecule has 0 unspecified atom stereocenters. The minimum atomic E-state index is -0.535. The molecule has 1 aliphatic heterocycles. The molecule has 0 amide bonds. The van der Waals surface area contributed by atoms with Gasteiger partial charge in [0.1, 0.15) is 11.5 Å². The second kappa shape index (κ2) is 12.5. The molecule has 0 aromatic heterocycles. The number of benzene rings is 9. The Balaban J connectivity index is 1.08. The van der Waals surface area contributed by atoms with E-state index in [1.165, 1.54) is 55.3 Å². The van der Waals surface area contributed by atoms with Crippen molar-refractivity contribution in [3.63, 3.8) is 0 Å². The minimum absolute atomic E-state index is 0.535. The second-order valence-corrected chi connectivity index (χ2v) is 14.4. The van der Waals surface area contributed by atoms with Crippen LogP contribution in [0, 0.1) is 0 Å². The van der Waals surface area contributed by atoms with E-state index < -0.39 is 5.41 Å². The number of ether oxygens (including phenoxy) is 1. The van der Waals surface area contributed by atoms with Gasteiger partial charge in [0.2, 0.25) is 0 Å². The Kier molecular flexibility index (Phi) is 7.11. The number of fused-ring (bicyclic) bond motifs is 10. The molecular weight excluding hydrogens is 667 g/mol. The Bertz CT molecular complexity index is 2850. The van der Waals surface area contributed by atoms with Crippen molar-refractivity contribution in [3.8, 4) is 44.9 Å². The molecule has 9 aromatic rings. The molecule has 0 atom stereocenters. The van der Waals surface area contributed by atoms with Crippen molar-refractivity contribution in [1.82, 2.24) is 0 Å². The summed E-state index contributed by atoms with van der Waals surface area (Å²) in [5.41, 5.74) is 15.0. The van der Waals surface area contributed by atoms with E-state index in [4.69, 9.17) is 4.74 Å². The molecule has 0 bridgehead atoms. The summed E-state index contributed by atoms with van der Waals surface area (Å²) >= 11 is 0. The van der Waals surface area contributed by atoms with E-state index in [-0.39, 0.29) is 0 Å². The van der Waals surface area contributed by atoms with Gasteiger partial charge in [-0.1, -0.05) is 158 Å². The van der Waals surface area contributed by atoms with Crippen LogP contribution in [0.3, 0.4) is 0 Å². The zero-order valence-electron chi connectivity index (χ0n) is 30.1. The molecule has 0 saturated carbocycles. The standard InChI is InChI=1S/C53H35NO/c1-3-14-36(15-4-1)39-27-26-37-16-13-20-43(46(37)34-39)38-28-30-41(31-29-38)54(40-17-5-2-6-18-40)42-32-33-45-44-19-7-8-21-47(44)53(50(45)35-42)48-22-9-11-24-51(48)55-52-25-12-10-23-49(52)53/h1-35H. The SMILES string of the molecule is c1ccc(-c2ccc3cccc(-c4ccc(N(c5ccccc5)c5ccc6c(c5)C5(c7ccccc7Oc7ccccc75)c5ccccc5-6)cc4)c3c2)cc1. The first-order valence-corrected chi connectivity index (χ1v) is 18.9. The summed E-state index contributed by atoms with van der Waals surface area (Å²) in [5, 5.41) is 2.48. The number of hydrogen-bond donors (Lipinski definition) is 0. The molecule has 1 spiro atoms. The van der Waals surface area contributed by atoms with Crippen LogP contribution >= 0.6 is 0 Å². The summed E-state index contributed by atoms with van der Waals surface area (Å²) in [6.45, 7) is 0. The summed E-state index contributed by atoms with van der Waals surface area (Å²) < 4.78 is 6.60. The van der Waals surface area contributed by atoms with E-state index in [2.05, 4.69) is 217 Å². The van der Waals surface area contributed by atoms with Crippen molar-refractivity contribution in [2.24, 2.45) is 0 Å². The first kappa shape index (κ1) is 31.4. The molecule has 1 heterocycles. The fraction of sp³-hybridized carbons (Fsp3) is 0.0189. The number of nitrogens with zero attached hydrogens (tertiary/aromatic N) is 1. The second-order valence-electron chi connectivity index (χ2n) is 14.4. The van der Waals surface area contributed by atoms with Crippen LogP contribution in [0.4, 0.5) is 17.1 Å². The van der Waals surface area contributed by atoms with Gasteiger partial charge in [-0.15, -0.1) is 0 Å². The Labute approximate surface area is 321 Å². The van der Waals surface area contributed by atoms with Crippen LogP contribution in [0.5, 0.6) is 11.5 Å². The van der Waals surface area contributed by atoms with Gasteiger partial charge in [-0.2, -0.15) is 0 Å². The smallest absolute Gasteiger partial charge is 0.132 e. The van der Waals surface area contributed by atoms with Gasteiger partial charge in [0.25, 0.3) is 0 Å². The summed E-state index contributed by atoms with van der Waals surface area (Å²) in [6.07, 6.45) is 0. The Morgan fingerprint density at radius 3 is 1.64 bits per heavy atom. The third-order valence-corrected chi connectivity index (χ3v) is 11.5. The molecule has 0 radical (unpaired) electrons. The monoisotopic (exact) mass is 701 g/mol. The van der Waals surface area contributed by atoms with Crippen LogP contribution in [0.2, 0.25) is 0 Å². The molecule has 0 saturated heterocycles. The maximum atomic E-state index is 6.60. The maximum absolute atomic E-state index is 6.60. The number of anilines is 3. The van der Waals surface area contributed by atoms with Crippen LogP contribution in [0.15, 0.2) is 212 Å². The summed E-state index contributed by atoms with van der Waals surface area (Å²) in [7, 11) is 0. The largest absolute Gasteiger partial charge is 0.457 e. The molecule has 2 heteroatoms. The van der Waals surface area contributed by atoms with Gasteiger partial charge in [0.05, 0.1) is 5.41 Å². The lowest BCUT2D eigenvalue weighted by Gasteiger charge is -2.39. The zero-order chi connectivity index (χ0) is 36.3. The highest BCUT2D eigenvalue weighted by Gasteiger charge is 2.51. The van der Waals surface area contributed by atoms with Gasteiger partial charge in [-0.25, -0.2) is 0 Å². The average Bonchev–Trinajstić information content (AvgIpc) is 3.54. The number of hydrogen-bond acceptors (Lipinski definition) is 2. The van der Waals surface area contributed by atoms with Gasteiger partial charge in [0, 0.05) is 28.2 Å². The lowest BCUT2D eigenvalue weighted by Crippen LogP contribution is -2.32. The van der Waals surface area contributed by atoms with E-state index in [1.807, 2.05) is 0 Å². The normalized spacial score (nSPS) is 13.0. The van der Waals surface area contributed by atoms with Crippen molar-refractivity contribution < 1.29 is 4.74 Å². The van der Waals surface area contributed by atoms with Crippen molar-refractivity contribution in [2.75, 3.05) is 4.90 Å². The lowest BCUT2D eigenvalue weighted by molar-refractivity contribution is 0.436. The van der Waals surface area contributed by atoms with Crippen molar-refractivity contribution in [1.29, 1.82) is 0 Å². The van der Waals surface area contributed by atoms with Crippen LogP contribution in [0.1, 0.15) is 22.3 Å². The summed E-state index contributed by atoms with van der Waals surface area (Å²) in [6, 6.07) is 76.8. The fourth-order valence-electron chi connectivity index (χ4n) is 9.13. The van der Waals surface area contributed by atoms with Gasteiger partial charge in [-0.3, -0.25) is 0 Å². The third kappa shape index (κ3) is 4.82. The Hall–Kier alpha value is -7.16. The number of para-hydroxylation sites is 3. The highest BCUT2D eigenvalue weighted by molar-refractivity contribution is 5.99. The van der Waals surface area contributed by atoms with E-state index in [0.29, 0.717) is 0 Å². The summed E-state index contributed by atoms with van der Waals surface area (Å²) in [4.78, 5) is 2.38. The lowest BCUT2D eigenvalue weighted by atomic mass is 9.66. The predicted octanol–water partition coefficient (Wildman–Crippen LogP) is 14.1. The first-order chi connectivity index (χ1) is 27.3. The van der Waals surface area contributed by atoms with Gasteiger partial charge < -0.3 is 9.64 Å². The first-order valence-electron chi connectivity index (χ1n) is 18.9. The molecule has 11 rings (SSSR count). The van der Waals surface area contributed by atoms with Crippen LogP contribution < -0.4 is 9.64 Å². The minimum Gasteiger partial charge on any atom is -0.457 e. The molecule has 2 aliphatic rings. The molecule has 0 N–H and O–H groups in total. The Morgan fingerprint density at radius 2 is 0.891 bits per heavy atom. The molecule has 9 aromatic carbocycles. The predicted molar refractivity (Wildman–Crippen MR) is 227 cm³/mol. The topological polar surface area (TPSA) is 12.5 Å². The fourth-order valence-corrected chi connectivity index (χ4v) is 9.13. The summed E-state index contributed by atoms with van der Waals surface area (Å²) in [5.74, 6) is 1.79. The van der Waals surface area contributed by atoms with E-state index in [1.54, 1.807) is 0 Å². The van der Waals surface area contributed by atoms with Gasteiger partial charge in [-0.05, 0) is 110 Å². The number of rotatable bonds is 5. The van der Waals surface area contributed by atoms with Crippen molar-refractivity contribution in [3.05, 3.63) is 235 Å². The van der Waals surface area contributed by atoms with Gasteiger partial charge >= 0.3 is 0 Å². The molecule has 55 heavy (non-hydrogen) atoms. The highest BCUT2D eigenvalue weighted by Crippen LogP contribution is 2.62. The van der Waals surface area contributed by atoms with Crippen molar-refractivity contribution in [2.45, 2.75) is 5.41 Å². The van der Waals surface area contributed by atoms with E-state index >= 15 is 0 Å². The molecule has 2 nitrogen and oxygen atoms in total. The zero-order valence-corrected chi connectivity index (χ0v) is 30.1. The van der Waals surface area contributed by atoms with Crippen molar-refractivity contribution >= 4 is 27.8 Å². The van der Waals surface area contributed by atoms with E-state index in [9.17, 15) is 0 Å². The molecule has 258 valence electrons. The van der Waals surface area contributed by atoms with E-state index in [0.717, 1.165) is 39.7 Å². The van der Waals surface area contributed by atoms with Crippen LogP contribution in [0.25, 0.3) is 44.2 Å². The maximum Gasteiger partial charge on any atom is 0.132 e. The molecule has 1 aliphatic carbocycles. The highest BCUT2D eigenvalue weighted by atomic mass is 16.5. The van der Waals surface area contributed by atoms with Gasteiger partial charge in [0.15, 0.2) is 0 Å². The average molecular weight is 702 g/mol. The quantitative estimate of drug-likeness (QED) is 0.177. The third-order valence-electron chi connectivity index (χ3n) is 11.5. The Morgan fingerprint density at radius 1 is 0.327 bits per heavy atom.